The minimum absolute atomic E-state index is 0.515. The first-order valence-electron chi connectivity index (χ1n) is 6.55. The fourth-order valence-electron chi connectivity index (χ4n) is 1.85. The highest BCUT2D eigenvalue weighted by Gasteiger charge is 2.35. The van der Waals surface area contributed by atoms with Crippen LogP contribution in [-0.2, 0) is 9.53 Å². The average Bonchev–Trinajstić information content (AvgIpc) is 2.37. The summed E-state index contributed by atoms with van der Waals surface area (Å²) in [7, 11) is 1.40. The summed E-state index contributed by atoms with van der Waals surface area (Å²) in [6.45, 7) is 5.14. The van der Waals surface area contributed by atoms with E-state index in [-0.39, 0.29) is 0 Å². The largest absolute Gasteiger partial charge is 0.479 e. The van der Waals surface area contributed by atoms with Gasteiger partial charge in [-0.1, -0.05) is 30.3 Å². The van der Waals surface area contributed by atoms with E-state index in [1.54, 1.807) is 51.1 Å². The molecule has 0 aromatic heterocycles. The normalized spacial score (nSPS) is 14.1. The summed E-state index contributed by atoms with van der Waals surface area (Å²) in [6, 6.07) is 7.45. The molecule has 2 N–H and O–H groups in total. The van der Waals surface area contributed by atoms with Gasteiger partial charge in [0.1, 0.15) is 5.60 Å². The van der Waals surface area contributed by atoms with Crippen LogP contribution >= 0.6 is 0 Å². The monoisotopic (exact) mass is 295 g/mol. The maximum Gasteiger partial charge on any atom is 0.410 e. The van der Waals surface area contributed by atoms with Crippen molar-refractivity contribution in [2.75, 3.05) is 7.05 Å². The number of hydrogen-bond donors (Lipinski definition) is 2. The highest BCUT2D eigenvalue weighted by Crippen LogP contribution is 2.25. The van der Waals surface area contributed by atoms with E-state index < -0.39 is 29.8 Å². The van der Waals surface area contributed by atoms with Gasteiger partial charge in [-0.3, -0.25) is 0 Å². The third-order valence-electron chi connectivity index (χ3n) is 2.79. The van der Waals surface area contributed by atoms with Crippen molar-refractivity contribution < 1.29 is 24.5 Å². The topological polar surface area (TPSA) is 87.1 Å². The molecule has 1 rings (SSSR count). The van der Waals surface area contributed by atoms with Crippen LogP contribution in [0.15, 0.2) is 30.3 Å². The molecule has 1 aromatic carbocycles. The van der Waals surface area contributed by atoms with Gasteiger partial charge in [-0.2, -0.15) is 0 Å². The van der Waals surface area contributed by atoms with Crippen LogP contribution in [0.25, 0.3) is 0 Å². The number of aliphatic hydroxyl groups excluding tert-OH is 1. The molecule has 0 saturated heterocycles. The number of nitrogens with zero attached hydrogens (tertiary/aromatic N) is 1. The average molecular weight is 295 g/mol. The number of carbonyl (C=O) groups excluding carboxylic acids is 1. The van der Waals surface area contributed by atoms with E-state index in [0.717, 1.165) is 4.90 Å². The zero-order chi connectivity index (χ0) is 16.2. The van der Waals surface area contributed by atoms with Gasteiger partial charge in [-0.15, -0.1) is 0 Å². The van der Waals surface area contributed by atoms with E-state index in [2.05, 4.69) is 0 Å². The Morgan fingerprint density at radius 1 is 1.19 bits per heavy atom. The minimum Gasteiger partial charge on any atom is -0.479 e. The van der Waals surface area contributed by atoms with Crippen molar-refractivity contribution in [1.82, 2.24) is 4.90 Å². The molecule has 0 aliphatic carbocycles. The van der Waals surface area contributed by atoms with Crippen LogP contribution in [0.3, 0.4) is 0 Å². The quantitative estimate of drug-likeness (QED) is 0.887. The lowest BCUT2D eigenvalue weighted by atomic mass is 10.0. The lowest BCUT2D eigenvalue weighted by Gasteiger charge is -2.32. The maximum absolute atomic E-state index is 12.1. The molecule has 0 spiro atoms. The van der Waals surface area contributed by atoms with Crippen molar-refractivity contribution >= 4 is 12.1 Å². The summed E-state index contributed by atoms with van der Waals surface area (Å²) in [5.74, 6) is -1.40. The van der Waals surface area contributed by atoms with Crippen LogP contribution in [0.4, 0.5) is 4.79 Å². The number of likely N-dealkylation sites (N-methyl/N-ethyl adjacent to an activating group) is 1. The Balaban J connectivity index is 3.07. The minimum atomic E-state index is -1.75. The molecular formula is C15H21NO5. The van der Waals surface area contributed by atoms with Crippen molar-refractivity contribution in [3.05, 3.63) is 35.9 Å². The fourth-order valence-corrected chi connectivity index (χ4v) is 1.85. The second kappa shape index (κ2) is 6.58. The molecule has 0 heterocycles. The summed E-state index contributed by atoms with van der Waals surface area (Å²) >= 11 is 0. The summed E-state index contributed by atoms with van der Waals surface area (Å²) < 4.78 is 5.21. The lowest BCUT2D eigenvalue weighted by molar-refractivity contribution is -0.150. The Morgan fingerprint density at radius 2 is 1.71 bits per heavy atom. The molecule has 21 heavy (non-hydrogen) atoms. The van der Waals surface area contributed by atoms with Crippen molar-refractivity contribution in [3.8, 4) is 0 Å². The van der Waals surface area contributed by atoms with Crippen molar-refractivity contribution in [2.45, 2.75) is 38.5 Å². The van der Waals surface area contributed by atoms with Gasteiger partial charge in [-0.25, -0.2) is 9.59 Å². The first-order valence-corrected chi connectivity index (χ1v) is 6.55. The Labute approximate surface area is 124 Å². The molecule has 1 aromatic rings. The number of amides is 1. The van der Waals surface area contributed by atoms with Crippen LogP contribution in [0.1, 0.15) is 32.4 Å². The lowest BCUT2D eigenvalue weighted by Crippen LogP contribution is -2.43. The fraction of sp³-hybridized carbons (Fsp3) is 0.467. The molecule has 0 saturated carbocycles. The maximum atomic E-state index is 12.1. The number of aliphatic carboxylic acids is 1. The van der Waals surface area contributed by atoms with Gasteiger partial charge < -0.3 is 19.8 Å². The molecule has 0 aliphatic heterocycles. The van der Waals surface area contributed by atoms with Gasteiger partial charge in [-0.05, 0) is 26.3 Å². The van der Waals surface area contributed by atoms with Gasteiger partial charge in [0.15, 0.2) is 6.10 Å². The molecule has 0 radical (unpaired) electrons. The smallest absolute Gasteiger partial charge is 0.410 e. The number of rotatable bonds is 4. The van der Waals surface area contributed by atoms with Gasteiger partial charge in [0.25, 0.3) is 0 Å². The van der Waals surface area contributed by atoms with E-state index in [4.69, 9.17) is 9.84 Å². The predicted molar refractivity (Wildman–Crippen MR) is 76.8 cm³/mol. The zero-order valence-electron chi connectivity index (χ0n) is 12.6. The number of carboxylic acid groups (broad SMARTS) is 1. The molecule has 1 amide bonds. The molecule has 0 fully saturated rings. The highest BCUT2D eigenvalue weighted by molar-refractivity contribution is 5.75. The molecule has 0 aliphatic rings. The first-order chi connectivity index (χ1) is 9.63. The molecule has 0 unspecified atom stereocenters. The summed E-state index contributed by atoms with van der Waals surface area (Å²) in [6.07, 6.45) is -2.44. The van der Waals surface area contributed by atoms with Crippen LogP contribution in [-0.4, -0.2) is 45.9 Å². The molecule has 116 valence electrons. The van der Waals surface area contributed by atoms with E-state index in [0.29, 0.717) is 5.56 Å². The number of carbonyl (C=O) groups is 2. The summed E-state index contributed by atoms with van der Waals surface area (Å²) in [4.78, 5) is 24.3. The third kappa shape index (κ3) is 4.75. The van der Waals surface area contributed by atoms with E-state index in [1.807, 2.05) is 0 Å². The van der Waals surface area contributed by atoms with Crippen LogP contribution in [0, 0.1) is 0 Å². The Bertz CT molecular complexity index is 495. The van der Waals surface area contributed by atoms with E-state index in [1.165, 1.54) is 7.05 Å². The third-order valence-corrected chi connectivity index (χ3v) is 2.79. The van der Waals surface area contributed by atoms with E-state index >= 15 is 0 Å². The number of aliphatic hydroxyl groups is 1. The number of carboxylic acids is 1. The van der Waals surface area contributed by atoms with Crippen molar-refractivity contribution in [2.24, 2.45) is 0 Å². The molecule has 2 atom stereocenters. The Morgan fingerprint density at radius 3 is 2.14 bits per heavy atom. The van der Waals surface area contributed by atoms with Gasteiger partial charge in [0.05, 0.1) is 6.04 Å². The molecular weight excluding hydrogens is 274 g/mol. The second-order valence-corrected chi connectivity index (χ2v) is 5.73. The summed E-state index contributed by atoms with van der Waals surface area (Å²) in [5, 5.41) is 19.0. The number of benzene rings is 1. The number of ether oxygens (including phenoxy) is 1. The van der Waals surface area contributed by atoms with Crippen LogP contribution in [0.5, 0.6) is 0 Å². The Hall–Kier alpha value is -2.08. The van der Waals surface area contributed by atoms with Gasteiger partial charge >= 0.3 is 12.1 Å². The standard InChI is InChI=1S/C15H21NO5/c1-15(2,3)21-14(20)16(4)11(12(17)13(18)19)10-8-6-5-7-9-10/h5-9,11-12,17H,1-4H3,(H,18,19)/t11-,12+/m0/s1. The summed E-state index contributed by atoms with van der Waals surface area (Å²) in [5.41, 5.74) is -0.193. The van der Waals surface area contributed by atoms with Crippen LogP contribution < -0.4 is 0 Å². The van der Waals surface area contributed by atoms with Crippen molar-refractivity contribution in [3.63, 3.8) is 0 Å². The second-order valence-electron chi connectivity index (χ2n) is 5.73. The predicted octanol–water partition coefficient (Wildman–Crippen LogP) is 2.04. The molecule has 6 heteroatoms. The van der Waals surface area contributed by atoms with Crippen molar-refractivity contribution in [1.29, 1.82) is 0 Å². The van der Waals surface area contributed by atoms with Crippen LogP contribution in [0.2, 0.25) is 0 Å². The first kappa shape index (κ1) is 17.0. The molecule has 0 bridgehead atoms. The number of hydrogen-bond acceptors (Lipinski definition) is 4. The zero-order valence-corrected chi connectivity index (χ0v) is 12.6. The molecule has 6 nitrogen and oxygen atoms in total. The SMILES string of the molecule is CN(C(=O)OC(C)(C)C)[C@@H](c1ccccc1)[C@@H](O)C(=O)O. The Kier molecular flexibility index (Phi) is 5.32. The van der Waals surface area contributed by atoms with Gasteiger partial charge in [0, 0.05) is 7.05 Å². The van der Waals surface area contributed by atoms with E-state index in [9.17, 15) is 14.7 Å². The highest BCUT2D eigenvalue weighted by atomic mass is 16.6. The van der Waals surface area contributed by atoms with Gasteiger partial charge in [0.2, 0.25) is 0 Å².